The van der Waals surface area contributed by atoms with E-state index in [0.717, 1.165) is 88.0 Å². The minimum absolute atomic E-state index is 0.520. The van der Waals surface area contributed by atoms with Gasteiger partial charge in [0, 0.05) is 81.9 Å². The first-order valence-corrected chi connectivity index (χ1v) is 14.0. The van der Waals surface area contributed by atoms with Crippen LogP contribution in [0.2, 0.25) is 0 Å². The molecule has 2 aliphatic heterocycles. The molecule has 2 aliphatic rings. The summed E-state index contributed by atoms with van der Waals surface area (Å²) in [4.78, 5) is 16.2. The second-order valence-corrected chi connectivity index (χ2v) is 10.2. The van der Waals surface area contributed by atoms with Gasteiger partial charge in [-0.2, -0.15) is 10.4 Å². The summed E-state index contributed by atoms with van der Waals surface area (Å²) in [5.41, 5.74) is 4.24. The first kappa shape index (κ1) is 27.0. The van der Waals surface area contributed by atoms with Crippen molar-refractivity contribution in [2.24, 2.45) is 0 Å². The van der Waals surface area contributed by atoms with E-state index in [2.05, 4.69) is 49.1 Å². The van der Waals surface area contributed by atoms with Crippen molar-refractivity contribution in [3.05, 3.63) is 66.2 Å². The zero-order valence-corrected chi connectivity index (χ0v) is 23.3. The van der Waals surface area contributed by atoms with Crippen molar-refractivity contribution in [3.63, 3.8) is 0 Å². The summed E-state index contributed by atoms with van der Waals surface area (Å²) < 4.78 is 18.5. The number of hydrogen-bond acceptors (Lipinski definition) is 10. The van der Waals surface area contributed by atoms with Crippen LogP contribution in [0.25, 0.3) is 16.6 Å². The first-order chi connectivity index (χ1) is 20.2. The lowest BCUT2D eigenvalue weighted by molar-refractivity contribution is 0.0322. The van der Waals surface area contributed by atoms with Gasteiger partial charge in [-0.15, -0.1) is 0 Å². The van der Waals surface area contributed by atoms with Crippen LogP contribution in [0.15, 0.2) is 55.1 Å². The fraction of sp³-hybridized carbons (Fsp3) is 0.400. The number of methoxy groups -OCH3 is 1. The zero-order valence-electron chi connectivity index (χ0n) is 23.3. The van der Waals surface area contributed by atoms with Crippen LogP contribution in [0.4, 0.5) is 5.82 Å². The molecule has 4 aromatic heterocycles. The Morgan fingerprint density at radius 3 is 2.51 bits per heavy atom. The molecule has 0 unspecified atom stereocenters. The molecule has 0 aliphatic carbocycles. The molecule has 0 N–H and O–H groups in total. The molecule has 2 fully saturated rings. The predicted molar refractivity (Wildman–Crippen MR) is 154 cm³/mol. The highest BCUT2D eigenvalue weighted by atomic mass is 16.5. The smallest absolute Gasteiger partial charge is 0.212 e. The molecule has 2 saturated heterocycles. The first-order valence-electron chi connectivity index (χ1n) is 14.0. The van der Waals surface area contributed by atoms with Crippen molar-refractivity contribution in [1.82, 2.24) is 29.4 Å². The second kappa shape index (κ2) is 12.5. The van der Waals surface area contributed by atoms with Crippen molar-refractivity contribution < 1.29 is 14.2 Å². The van der Waals surface area contributed by atoms with E-state index in [9.17, 15) is 5.26 Å². The maximum atomic E-state index is 9.72. The van der Waals surface area contributed by atoms with Gasteiger partial charge < -0.3 is 19.1 Å². The third-order valence-electron chi connectivity index (χ3n) is 7.66. The number of nitriles is 1. The molecule has 4 aromatic rings. The molecule has 0 saturated carbocycles. The Balaban J connectivity index is 1.13. The van der Waals surface area contributed by atoms with E-state index in [-0.39, 0.29) is 0 Å². The van der Waals surface area contributed by atoms with Crippen LogP contribution in [-0.2, 0) is 11.3 Å². The third kappa shape index (κ3) is 6.25. The topological polar surface area (TPSA) is 104 Å². The van der Waals surface area contributed by atoms with E-state index < -0.39 is 0 Å². The van der Waals surface area contributed by atoms with Gasteiger partial charge in [0.05, 0.1) is 43.8 Å². The number of morpholine rings is 1. The lowest BCUT2D eigenvalue weighted by Crippen LogP contribution is -2.46. The molecule has 0 aromatic carbocycles. The number of ether oxygens (including phenoxy) is 3. The number of piperazine rings is 1. The Morgan fingerprint density at radius 2 is 1.80 bits per heavy atom. The minimum Gasteiger partial charge on any atom is -0.491 e. The van der Waals surface area contributed by atoms with Crippen molar-refractivity contribution in [2.45, 2.75) is 6.54 Å². The molecule has 6 rings (SSSR count). The Morgan fingerprint density at radius 1 is 0.951 bits per heavy atom. The van der Waals surface area contributed by atoms with Crippen LogP contribution in [0, 0.1) is 11.3 Å². The number of aromatic nitrogens is 4. The van der Waals surface area contributed by atoms with Gasteiger partial charge >= 0.3 is 0 Å². The van der Waals surface area contributed by atoms with Crippen molar-refractivity contribution in [1.29, 1.82) is 5.26 Å². The molecule has 212 valence electrons. The average Bonchev–Trinajstić information content (AvgIpc) is 3.45. The van der Waals surface area contributed by atoms with Gasteiger partial charge in [-0.1, -0.05) is 6.07 Å². The zero-order chi connectivity index (χ0) is 28.0. The number of rotatable bonds is 9. The van der Waals surface area contributed by atoms with E-state index in [0.29, 0.717) is 23.8 Å². The summed E-state index contributed by atoms with van der Waals surface area (Å²) in [7, 11) is 1.63. The molecule has 0 amide bonds. The number of pyridine rings is 3. The monoisotopic (exact) mass is 554 g/mol. The molecule has 0 radical (unpaired) electrons. The number of nitrogens with zero attached hydrogens (tertiary/aromatic N) is 8. The number of hydrogen-bond donors (Lipinski definition) is 0. The fourth-order valence-electron chi connectivity index (χ4n) is 5.35. The van der Waals surface area contributed by atoms with E-state index in [1.54, 1.807) is 17.8 Å². The third-order valence-corrected chi connectivity index (χ3v) is 7.66. The Hall–Kier alpha value is -4.24. The quantitative estimate of drug-likeness (QED) is 0.307. The molecule has 6 heterocycles. The van der Waals surface area contributed by atoms with Crippen LogP contribution in [-0.4, -0.2) is 102 Å². The highest BCUT2D eigenvalue weighted by molar-refractivity contribution is 5.85. The fourth-order valence-corrected chi connectivity index (χ4v) is 5.35. The molecule has 0 bridgehead atoms. The highest BCUT2D eigenvalue weighted by Gasteiger charge is 2.20. The van der Waals surface area contributed by atoms with Gasteiger partial charge in [0.15, 0.2) is 0 Å². The van der Waals surface area contributed by atoms with Gasteiger partial charge in [0.2, 0.25) is 5.88 Å². The van der Waals surface area contributed by atoms with Crippen LogP contribution in [0.1, 0.15) is 11.1 Å². The maximum absolute atomic E-state index is 9.72. The summed E-state index contributed by atoms with van der Waals surface area (Å²) >= 11 is 0. The largest absolute Gasteiger partial charge is 0.491 e. The molecule has 11 nitrogen and oxygen atoms in total. The van der Waals surface area contributed by atoms with Crippen LogP contribution < -0.4 is 14.4 Å². The molecule has 0 atom stereocenters. The SMILES string of the molecule is COc1ccc(CN2CCN(c3ccc(-c4cc(OCCN5CCOCC5)cn5ncc(C#N)c45)cn3)CC2)cn1. The molecule has 11 heteroatoms. The number of fused-ring (bicyclic) bond motifs is 1. The molecular formula is C30H34N8O3. The van der Waals surface area contributed by atoms with Gasteiger partial charge in [0.25, 0.3) is 0 Å². The Kier molecular flexibility index (Phi) is 8.23. The summed E-state index contributed by atoms with van der Waals surface area (Å²) in [5, 5.41) is 14.1. The van der Waals surface area contributed by atoms with Crippen molar-refractivity contribution in [3.8, 4) is 28.8 Å². The lowest BCUT2D eigenvalue weighted by Gasteiger charge is -2.35. The normalized spacial score (nSPS) is 16.5. The van der Waals surface area contributed by atoms with Gasteiger partial charge in [-0.05, 0) is 23.8 Å². The Labute approximate surface area is 239 Å². The van der Waals surface area contributed by atoms with Crippen LogP contribution in [0.5, 0.6) is 11.6 Å². The van der Waals surface area contributed by atoms with Crippen molar-refractivity contribution in [2.75, 3.05) is 77.6 Å². The maximum Gasteiger partial charge on any atom is 0.212 e. The van der Waals surface area contributed by atoms with Crippen LogP contribution >= 0.6 is 0 Å². The summed E-state index contributed by atoms with van der Waals surface area (Å²) in [6.45, 7) is 9.32. The summed E-state index contributed by atoms with van der Waals surface area (Å²) in [6, 6.07) is 12.4. The van der Waals surface area contributed by atoms with E-state index >= 15 is 0 Å². The standard InChI is InChI=1S/C30H34N8O3/c1-39-29-5-2-23(18-33-29)21-36-6-8-37(9-7-36)28-4-3-24(19-32-28)27-16-26(22-38-30(27)25(17-31)20-34-38)41-15-12-35-10-13-40-14-11-35/h2-5,16,18-20,22H,6-15,21H2,1H3. The lowest BCUT2D eigenvalue weighted by atomic mass is 10.1. The molecule has 0 spiro atoms. The van der Waals surface area contributed by atoms with E-state index in [1.165, 1.54) is 5.56 Å². The van der Waals surface area contributed by atoms with Crippen molar-refractivity contribution >= 4 is 11.3 Å². The molecular weight excluding hydrogens is 520 g/mol. The average molecular weight is 555 g/mol. The predicted octanol–water partition coefficient (Wildman–Crippen LogP) is 2.70. The second-order valence-electron chi connectivity index (χ2n) is 10.2. The van der Waals surface area contributed by atoms with Gasteiger partial charge in [0.1, 0.15) is 24.2 Å². The highest BCUT2D eigenvalue weighted by Crippen LogP contribution is 2.31. The minimum atomic E-state index is 0.520. The summed E-state index contributed by atoms with van der Waals surface area (Å²) in [6.07, 6.45) is 7.19. The van der Waals surface area contributed by atoms with Gasteiger partial charge in [-0.25, -0.2) is 14.5 Å². The Bertz CT molecular complexity index is 1490. The van der Waals surface area contributed by atoms with Crippen LogP contribution in [0.3, 0.4) is 0 Å². The molecule has 41 heavy (non-hydrogen) atoms. The summed E-state index contributed by atoms with van der Waals surface area (Å²) in [5.74, 6) is 2.29. The van der Waals surface area contributed by atoms with E-state index in [4.69, 9.17) is 19.2 Å². The number of anilines is 1. The van der Waals surface area contributed by atoms with Gasteiger partial charge in [-0.3, -0.25) is 9.80 Å². The van der Waals surface area contributed by atoms with E-state index in [1.807, 2.05) is 30.7 Å².